The molecule has 15 heavy (non-hydrogen) atoms. The molecule has 0 aromatic carbocycles. The SMILES string of the molecule is CCCNC(c1ccoc1)C(CC)OC. The van der Waals surface area contributed by atoms with Crippen molar-refractivity contribution >= 4 is 0 Å². The molecule has 1 aromatic heterocycles. The monoisotopic (exact) mass is 211 g/mol. The van der Waals surface area contributed by atoms with Crippen LogP contribution in [0.25, 0.3) is 0 Å². The molecule has 2 unspecified atom stereocenters. The van der Waals surface area contributed by atoms with Crippen LogP contribution < -0.4 is 5.32 Å². The van der Waals surface area contributed by atoms with Crippen molar-refractivity contribution in [3.63, 3.8) is 0 Å². The van der Waals surface area contributed by atoms with Crippen LogP contribution in [0.3, 0.4) is 0 Å². The van der Waals surface area contributed by atoms with Gasteiger partial charge in [-0.2, -0.15) is 0 Å². The summed E-state index contributed by atoms with van der Waals surface area (Å²) in [6.45, 7) is 5.29. The standard InChI is InChI=1S/C12H21NO2/c1-4-7-13-12(11(5-2)14-3)10-6-8-15-9-10/h6,8-9,11-13H,4-5,7H2,1-3H3. The summed E-state index contributed by atoms with van der Waals surface area (Å²) in [5.41, 5.74) is 1.16. The summed E-state index contributed by atoms with van der Waals surface area (Å²) in [6.07, 6.45) is 5.81. The van der Waals surface area contributed by atoms with Gasteiger partial charge in [0.1, 0.15) is 0 Å². The third-order valence-electron chi connectivity index (χ3n) is 2.59. The normalized spacial score (nSPS) is 15.1. The number of ether oxygens (including phenoxy) is 1. The molecule has 0 aliphatic heterocycles. The van der Waals surface area contributed by atoms with E-state index in [9.17, 15) is 0 Å². The molecule has 0 aliphatic carbocycles. The molecule has 1 heterocycles. The minimum absolute atomic E-state index is 0.203. The predicted molar refractivity (Wildman–Crippen MR) is 60.8 cm³/mol. The lowest BCUT2D eigenvalue weighted by molar-refractivity contribution is 0.0649. The predicted octanol–water partition coefficient (Wildman–Crippen LogP) is 2.75. The Hall–Kier alpha value is -0.800. The van der Waals surface area contributed by atoms with Crippen molar-refractivity contribution < 1.29 is 9.15 Å². The van der Waals surface area contributed by atoms with Gasteiger partial charge in [0.25, 0.3) is 0 Å². The van der Waals surface area contributed by atoms with Crippen molar-refractivity contribution in [3.05, 3.63) is 24.2 Å². The maximum Gasteiger partial charge on any atom is 0.0951 e. The fourth-order valence-corrected chi connectivity index (χ4v) is 1.75. The van der Waals surface area contributed by atoms with Gasteiger partial charge >= 0.3 is 0 Å². The van der Waals surface area contributed by atoms with Crippen LogP contribution in [0.4, 0.5) is 0 Å². The number of methoxy groups -OCH3 is 1. The van der Waals surface area contributed by atoms with Gasteiger partial charge in [-0.3, -0.25) is 0 Å². The van der Waals surface area contributed by atoms with Crippen LogP contribution in [0, 0.1) is 0 Å². The third-order valence-corrected chi connectivity index (χ3v) is 2.59. The lowest BCUT2D eigenvalue weighted by Gasteiger charge is -2.25. The number of furan rings is 1. The maximum atomic E-state index is 5.48. The zero-order valence-corrected chi connectivity index (χ0v) is 9.82. The topological polar surface area (TPSA) is 34.4 Å². The summed E-state index contributed by atoms with van der Waals surface area (Å²) < 4.78 is 10.6. The van der Waals surface area contributed by atoms with Gasteiger partial charge < -0.3 is 14.5 Å². The van der Waals surface area contributed by atoms with Crippen LogP contribution in [-0.2, 0) is 4.74 Å². The molecule has 3 heteroatoms. The molecule has 0 saturated carbocycles. The number of rotatable bonds is 7. The van der Waals surface area contributed by atoms with Crippen LogP contribution in [-0.4, -0.2) is 19.8 Å². The van der Waals surface area contributed by atoms with E-state index < -0.39 is 0 Å². The molecule has 0 saturated heterocycles. The van der Waals surface area contributed by atoms with Gasteiger partial charge in [0, 0.05) is 12.7 Å². The summed E-state index contributed by atoms with van der Waals surface area (Å²) in [5, 5.41) is 3.49. The van der Waals surface area contributed by atoms with Crippen molar-refractivity contribution in [1.29, 1.82) is 0 Å². The molecular formula is C12H21NO2. The molecule has 1 aromatic rings. The van der Waals surface area contributed by atoms with E-state index in [1.54, 1.807) is 19.6 Å². The average Bonchev–Trinajstić information content (AvgIpc) is 2.77. The van der Waals surface area contributed by atoms with Crippen molar-refractivity contribution in [2.45, 2.75) is 38.8 Å². The molecule has 0 aliphatic rings. The Labute approximate surface area is 91.8 Å². The Morgan fingerprint density at radius 3 is 2.73 bits per heavy atom. The second kappa shape index (κ2) is 6.64. The van der Waals surface area contributed by atoms with E-state index in [2.05, 4.69) is 19.2 Å². The first-order valence-electron chi connectivity index (χ1n) is 5.61. The quantitative estimate of drug-likeness (QED) is 0.753. The van der Waals surface area contributed by atoms with Gasteiger partial charge in [0.05, 0.1) is 24.7 Å². The smallest absolute Gasteiger partial charge is 0.0951 e. The van der Waals surface area contributed by atoms with Crippen molar-refractivity contribution in [2.24, 2.45) is 0 Å². The molecule has 1 N–H and O–H groups in total. The van der Waals surface area contributed by atoms with Crippen LogP contribution in [0.2, 0.25) is 0 Å². The summed E-state index contributed by atoms with van der Waals surface area (Å²) in [7, 11) is 1.76. The van der Waals surface area contributed by atoms with Gasteiger partial charge in [-0.05, 0) is 25.5 Å². The highest BCUT2D eigenvalue weighted by atomic mass is 16.5. The van der Waals surface area contributed by atoms with E-state index in [1.165, 1.54) is 0 Å². The highest BCUT2D eigenvalue weighted by molar-refractivity contribution is 5.13. The molecule has 0 bridgehead atoms. The largest absolute Gasteiger partial charge is 0.472 e. The maximum absolute atomic E-state index is 5.48. The molecular weight excluding hydrogens is 190 g/mol. The molecule has 1 rings (SSSR count). The summed E-state index contributed by atoms with van der Waals surface area (Å²) in [5.74, 6) is 0. The third kappa shape index (κ3) is 3.36. The van der Waals surface area contributed by atoms with E-state index in [4.69, 9.17) is 9.15 Å². The molecule has 2 atom stereocenters. The molecule has 0 amide bonds. The van der Waals surface area contributed by atoms with Gasteiger partial charge in [0.15, 0.2) is 0 Å². The van der Waals surface area contributed by atoms with E-state index in [0.29, 0.717) is 0 Å². The lowest BCUT2D eigenvalue weighted by atomic mass is 10.0. The van der Waals surface area contributed by atoms with Crippen LogP contribution in [0.15, 0.2) is 23.0 Å². The Morgan fingerprint density at radius 1 is 1.47 bits per heavy atom. The highest BCUT2D eigenvalue weighted by Gasteiger charge is 2.21. The average molecular weight is 211 g/mol. The Morgan fingerprint density at radius 2 is 2.27 bits per heavy atom. The fourth-order valence-electron chi connectivity index (χ4n) is 1.75. The van der Waals surface area contributed by atoms with Gasteiger partial charge in [-0.1, -0.05) is 13.8 Å². The first-order chi connectivity index (χ1) is 7.33. The van der Waals surface area contributed by atoms with Crippen molar-refractivity contribution in [2.75, 3.05) is 13.7 Å². The molecule has 3 nitrogen and oxygen atoms in total. The van der Waals surface area contributed by atoms with E-state index in [0.717, 1.165) is 24.9 Å². The zero-order chi connectivity index (χ0) is 11.1. The van der Waals surface area contributed by atoms with Crippen molar-refractivity contribution in [1.82, 2.24) is 5.32 Å². The number of hydrogen-bond donors (Lipinski definition) is 1. The minimum atomic E-state index is 0.203. The fraction of sp³-hybridized carbons (Fsp3) is 0.667. The molecule has 0 spiro atoms. The van der Waals surface area contributed by atoms with Gasteiger partial charge in [-0.25, -0.2) is 0 Å². The summed E-state index contributed by atoms with van der Waals surface area (Å²) in [4.78, 5) is 0. The summed E-state index contributed by atoms with van der Waals surface area (Å²) >= 11 is 0. The second-order valence-corrected chi connectivity index (χ2v) is 3.67. The minimum Gasteiger partial charge on any atom is -0.472 e. The first-order valence-corrected chi connectivity index (χ1v) is 5.61. The molecule has 86 valence electrons. The van der Waals surface area contributed by atoms with Gasteiger partial charge in [-0.15, -0.1) is 0 Å². The van der Waals surface area contributed by atoms with E-state index >= 15 is 0 Å². The molecule has 0 radical (unpaired) electrons. The van der Waals surface area contributed by atoms with E-state index in [-0.39, 0.29) is 12.1 Å². The van der Waals surface area contributed by atoms with Crippen molar-refractivity contribution in [3.8, 4) is 0 Å². The lowest BCUT2D eigenvalue weighted by Crippen LogP contribution is -2.33. The Kier molecular flexibility index (Phi) is 5.43. The van der Waals surface area contributed by atoms with Crippen LogP contribution >= 0.6 is 0 Å². The van der Waals surface area contributed by atoms with Crippen LogP contribution in [0.5, 0.6) is 0 Å². The first kappa shape index (κ1) is 12.3. The highest BCUT2D eigenvalue weighted by Crippen LogP contribution is 2.21. The van der Waals surface area contributed by atoms with E-state index in [1.807, 2.05) is 6.07 Å². The Balaban J connectivity index is 2.68. The Bertz CT molecular complexity index is 242. The second-order valence-electron chi connectivity index (χ2n) is 3.67. The molecule has 0 fully saturated rings. The number of nitrogens with one attached hydrogen (secondary N) is 1. The van der Waals surface area contributed by atoms with Gasteiger partial charge in [0.2, 0.25) is 0 Å². The zero-order valence-electron chi connectivity index (χ0n) is 9.82. The van der Waals surface area contributed by atoms with Crippen LogP contribution in [0.1, 0.15) is 38.3 Å². The number of hydrogen-bond acceptors (Lipinski definition) is 3. The summed E-state index contributed by atoms with van der Waals surface area (Å²) in [6, 6.07) is 2.23.